The number of fused-ring (bicyclic) bond motifs is 9. The molecule has 0 fully saturated rings. The van der Waals surface area contributed by atoms with Crippen LogP contribution in [0, 0.1) is 0 Å². The highest BCUT2D eigenvalue weighted by Gasteiger charge is 2.52. The van der Waals surface area contributed by atoms with Crippen LogP contribution in [0.5, 0.6) is 0 Å². The standard InChI is InChI=1S/C44H28N6Si/c1-2-14-32(15-3-1)49-37-20-7-5-18-35(37)46-43(49)31-12-10-16-33(28-31)51(40-26-25-30-24-23-29-13-11-27-45-41(29)42(30)48-40)39-22-9-4-17-34(39)44-47-36-19-6-8-21-38(36)50(44)51/h1-28H. The number of benzene rings is 6. The summed E-state index contributed by atoms with van der Waals surface area (Å²) in [4.78, 5) is 21.0. The molecule has 0 saturated heterocycles. The lowest BCUT2D eigenvalue weighted by molar-refractivity contribution is 1.10. The number of hydrogen-bond donors (Lipinski definition) is 0. The highest BCUT2D eigenvalue weighted by Crippen LogP contribution is 2.36. The first-order valence-electron chi connectivity index (χ1n) is 17.2. The fraction of sp³-hybridized carbons (Fsp3) is 0. The summed E-state index contributed by atoms with van der Waals surface area (Å²) in [6.45, 7) is 0. The molecular weight excluding hydrogens is 641 g/mol. The fourth-order valence-corrected chi connectivity index (χ4v) is 13.1. The van der Waals surface area contributed by atoms with Crippen molar-refractivity contribution in [1.29, 1.82) is 0 Å². The summed E-state index contributed by atoms with van der Waals surface area (Å²) in [6.07, 6.45) is 1.86. The van der Waals surface area contributed by atoms with Crippen molar-refractivity contribution < 1.29 is 0 Å². The van der Waals surface area contributed by atoms with Crippen molar-refractivity contribution in [3.05, 3.63) is 170 Å². The summed E-state index contributed by atoms with van der Waals surface area (Å²) in [7, 11) is -3.16. The van der Waals surface area contributed by atoms with Crippen LogP contribution in [-0.2, 0) is 0 Å². The van der Waals surface area contributed by atoms with Gasteiger partial charge in [0.2, 0.25) is 0 Å². The van der Waals surface area contributed by atoms with Crippen LogP contribution in [0.2, 0.25) is 0 Å². The summed E-state index contributed by atoms with van der Waals surface area (Å²) < 4.78 is 4.81. The van der Waals surface area contributed by atoms with E-state index in [0.717, 1.165) is 77.7 Å². The molecule has 1 aliphatic rings. The molecule has 0 spiro atoms. The van der Waals surface area contributed by atoms with Crippen LogP contribution < -0.4 is 15.7 Å². The van der Waals surface area contributed by atoms with Crippen LogP contribution in [0.3, 0.4) is 0 Å². The number of imidazole rings is 2. The fourth-order valence-electron chi connectivity index (χ4n) is 8.21. The van der Waals surface area contributed by atoms with Crippen LogP contribution in [-0.4, -0.2) is 37.0 Å². The maximum absolute atomic E-state index is 5.65. The molecule has 0 N–H and O–H groups in total. The summed E-state index contributed by atoms with van der Waals surface area (Å²) in [5.74, 6) is 1.88. The molecule has 1 aliphatic heterocycles. The van der Waals surface area contributed by atoms with Gasteiger partial charge in [-0.25, -0.2) is 9.97 Å². The Morgan fingerprint density at radius 2 is 1.20 bits per heavy atom. The van der Waals surface area contributed by atoms with Crippen molar-refractivity contribution in [1.82, 2.24) is 28.7 Å². The van der Waals surface area contributed by atoms with Crippen LogP contribution in [0.25, 0.3) is 72.3 Å². The Morgan fingerprint density at radius 1 is 0.490 bits per heavy atom. The van der Waals surface area contributed by atoms with E-state index in [4.69, 9.17) is 19.9 Å². The molecule has 0 radical (unpaired) electrons. The molecule has 1 unspecified atom stereocenters. The molecule has 5 heterocycles. The van der Waals surface area contributed by atoms with E-state index in [1.165, 1.54) is 10.4 Å². The molecule has 4 aromatic heterocycles. The van der Waals surface area contributed by atoms with E-state index in [1.54, 1.807) is 0 Å². The third-order valence-electron chi connectivity index (χ3n) is 10.4. The van der Waals surface area contributed by atoms with Crippen molar-refractivity contribution >= 4 is 67.8 Å². The van der Waals surface area contributed by atoms with Gasteiger partial charge < -0.3 is 4.23 Å². The zero-order valence-electron chi connectivity index (χ0n) is 27.3. The van der Waals surface area contributed by atoms with Crippen molar-refractivity contribution in [2.24, 2.45) is 0 Å². The molecule has 1 atom stereocenters. The summed E-state index contributed by atoms with van der Waals surface area (Å²) in [6, 6.07) is 58.1. The Hall–Kier alpha value is -6.70. The van der Waals surface area contributed by atoms with E-state index in [9.17, 15) is 0 Å². The largest absolute Gasteiger partial charge is 0.337 e. The first-order chi connectivity index (χ1) is 25.3. The van der Waals surface area contributed by atoms with Gasteiger partial charge in [-0.05, 0) is 65.0 Å². The Balaban J connectivity index is 1.26. The van der Waals surface area contributed by atoms with E-state index in [1.807, 2.05) is 12.3 Å². The maximum Gasteiger partial charge on any atom is 0.278 e. The Kier molecular flexibility index (Phi) is 5.88. The average molecular weight is 669 g/mol. The van der Waals surface area contributed by atoms with Gasteiger partial charge in [-0.2, -0.15) is 0 Å². The second-order valence-corrected chi connectivity index (χ2v) is 16.6. The van der Waals surface area contributed by atoms with E-state index >= 15 is 0 Å². The zero-order chi connectivity index (χ0) is 33.5. The minimum atomic E-state index is -3.16. The highest BCUT2D eigenvalue weighted by molar-refractivity contribution is 7.12. The maximum atomic E-state index is 5.65. The van der Waals surface area contributed by atoms with Crippen LogP contribution >= 0.6 is 0 Å². The predicted molar refractivity (Wildman–Crippen MR) is 209 cm³/mol. The molecule has 10 aromatic rings. The van der Waals surface area contributed by atoms with E-state index in [0.29, 0.717) is 0 Å². The predicted octanol–water partition coefficient (Wildman–Crippen LogP) is 7.63. The van der Waals surface area contributed by atoms with Crippen LogP contribution in [0.4, 0.5) is 0 Å². The number of para-hydroxylation sites is 5. The lowest BCUT2D eigenvalue weighted by Crippen LogP contribution is -2.71. The molecule has 0 amide bonds. The third kappa shape index (κ3) is 3.92. The van der Waals surface area contributed by atoms with Gasteiger partial charge in [-0.1, -0.05) is 109 Å². The van der Waals surface area contributed by atoms with Crippen molar-refractivity contribution in [2.75, 3.05) is 0 Å². The van der Waals surface area contributed by atoms with Crippen molar-refractivity contribution in [2.45, 2.75) is 0 Å². The second-order valence-electron chi connectivity index (χ2n) is 13.1. The summed E-state index contributed by atoms with van der Waals surface area (Å²) in [5.41, 5.74) is 9.21. The Labute approximate surface area is 294 Å². The van der Waals surface area contributed by atoms with Gasteiger partial charge in [-0.3, -0.25) is 14.5 Å². The smallest absolute Gasteiger partial charge is 0.278 e. The van der Waals surface area contributed by atoms with Crippen LogP contribution in [0.1, 0.15) is 0 Å². The summed E-state index contributed by atoms with van der Waals surface area (Å²) >= 11 is 0. The van der Waals surface area contributed by atoms with Crippen molar-refractivity contribution in [3.63, 3.8) is 0 Å². The van der Waals surface area contributed by atoms with E-state index < -0.39 is 8.24 Å². The minimum absolute atomic E-state index is 0.900. The van der Waals surface area contributed by atoms with Gasteiger partial charge in [-0.15, -0.1) is 0 Å². The summed E-state index contributed by atoms with van der Waals surface area (Å²) in [5, 5.41) is 5.67. The lowest BCUT2D eigenvalue weighted by atomic mass is 10.1. The topological polar surface area (TPSA) is 61.4 Å². The van der Waals surface area contributed by atoms with E-state index in [2.05, 4.69) is 167 Å². The second kappa shape index (κ2) is 10.6. The molecule has 0 saturated carbocycles. The Bertz CT molecular complexity index is 3000. The van der Waals surface area contributed by atoms with Gasteiger partial charge in [0.1, 0.15) is 11.6 Å². The molecule has 7 heteroatoms. The number of pyridine rings is 2. The molecule has 51 heavy (non-hydrogen) atoms. The molecule has 238 valence electrons. The third-order valence-corrected chi connectivity index (χ3v) is 14.9. The molecular formula is C44H28N6Si. The van der Waals surface area contributed by atoms with Crippen LogP contribution in [0.15, 0.2) is 170 Å². The van der Waals surface area contributed by atoms with Gasteiger partial charge in [0.15, 0.2) is 0 Å². The van der Waals surface area contributed by atoms with Gasteiger partial charge in [0.05, 0.1) is 38.4 Å². The molecule has 0 bridgehead atoms. The Morgan fingerprint density at radius 3 is 2.08 bits per heavy atom. The zero-order valence-corrected chi connectivity index (χ0v) is 28.3. The monoisotopic (exact) mass is 668 g/mol. The lowest BCUT2D eigenvalue weighted by Gasteiger charge is -2.31. The molecule has 11 rings (SSSR count). The number of rotatable bonds is 4. The van der Waals surface area contributed by atoms with Gasteiger partial charge in [0.25, 0.3) is 8.24 Å². The quantitative estimate of drug-likeness (QED) is 0.143. The molecule has 6 aromatic carbocycles. The number of aromatic nitrogens is 6. The first kappa shape index (κ1) is 28.2. The van der Waals surface area contributed by atoms with Crippen molar-refractivity contribution in [3.8, 4) is 28.5 Å². The van der Waals surface area contributed by atoms with E-state index in [-0.39, 0.29) is 0 Å². The number of hydrogen-bond acceptors (Lipinski definition) is 4. The number of nitrogens with zero attached hydrogens (tertiary/aromatic N) is 6. The molecule has 6 nitrogen and oxygen atoms in total. The minimum Gasteiger partial charge on any atom is -0.337 e. The highest BCUT2D eigenvalue weighted by atomic mass is 28.3. The van der Waals surface area contributed by atoms with Gasteiger partial charge >= 0.3 is 0 Å². The van der Waals surface area contributed by atoms with Gasteiger partial charge in [0, 0.05) is 33.8 Å². The first-order valence-corrected chi connectivity index (χ1v) is 19.1. The molecule has 0 aliphatic carbocycles. The SMILES string of the molecule is c1ccc(-n2c(-c3cccc([Si]4(c5ccc6ccc7cccnc7c6n5)c5ccccc5-c5nc6ccccc6n54)c3)nc3ccccc32)cc1. The normalized spacial score (nSPS) is 15.1. The average Bonchev–Trinajstić information content (AvgIpc) is 3.87.